The van der Waals surface area contributed by atoms with Gasteiger partial charge in [0.1, 0.15) is 24.5 Å². The lowest BCUT2D eigenvalue weighted by atomic mass is 10.1. The molecular weight excluding hydrogens is 182 g/mol. The second-order valence-electron chi connectivity index (χ2n) is 2.64. The molecule has 0 aliphatic rings. The van der Waals surface area contributed by atoms with Gasteiger partial charge >= 0.3 is 0 Å². The molecule has 0 bridgehead atoms. The van der Waals surface area contributed by atoms with Gasteiger partial charge in [0.05, 0.1) is 0 Å². The van der Waals surface area contributed by atoms with Gasteiger partial charge < -0.3 is 0 Å². The molecule has 7 heteroatoms. The molecule has 0 fully saturated rings. The zero-order valence-electron chi connectivity index (χ0n) is 7.25. The molecule has 0 spiro atoms. The molecule has 0 saturated carbocycles. The normalized spacial score (nSPS) is 12.6. The number of rotatable bonds is 3. The smallest absolute Gasteiger partial charge is 0.147 e. The number of nitrogens with one attached hydrogen (secondary N) is 2. The van der Waals surface area contributed by atoms with Crippen molar-refractivity contribution in [3.05, 3.63) is 36.4 Å². The lowest BCUT2D eigenvalue weighted by Gasteiger charge is -2.11. The van der Waals surface area contributed by atoms with E-state index in [1.807, 2.05) is 0 Å². The van der Waals surface area contributed by atoms with Crippen LogP contribution in [-0.4, -0.2) is 25.1 Å². The van der Waals surface area contributed by atoms with Gasteiger partial charge in [-0.3, -0.25) is 10.9 Å². The van der Waals surface area contributed by atoms with E-state index in [1.54, 1.807) is 12.4 Å². The zero-order valence-corrected chi connectivity index (χ0v) is 7.25. The minimum Gasteiger partial charge on any atom is -0.270 e. The predicted molar refractivity (Wildman–Crippen MR) is 47.6 cm³/mol. The fourth-order valence-corrected chi connectivity index (χ4v) is 1.15. The first-order valence-corrected chi connectivity index (χ1v) is 3.98. The summed E-state index contributed by atoms with van der Waals surface area (Å²) in [5, 5.41) is 6.47. The molecule has 0 amide bonds. The van der Waals surface area contributed by atoms with Gasteiger partial charge in [-0.05, 0) is 0 Å². The third-order valence-corrected chi connectivity index (χ3v) is 1.79. The van der Waals surface area contributed by atoms with Crippen LogP contribution in [0.1, 0.15) is 17.4 Å². The van der Waals surface area contributed by atoms with Crippen molar-refractivity contribution in [1.82, 2.24) is 30.6 Å². The van der Waals surface area contributed by atoms with E-state index in [1.165, 1.54) is 12.7 Å². The summed E-state index contributed by atoms with van der Waals surface area (Å²) < 4.78 is 0. The Morgan fingerprint density at radius 1 is 1.29 bits per heavy atom. The van der Waals surface area contributed by atoms with Crippen LogP contribution in [0.15, 0.2) is 25.0 Å². The molecule has 0 radical (unpaired) electrons. The summed E-state index contributed by atoms with van der Waals surface area (Å²) in [7, 11) is 0. The van der Waals surface area contributed by atoms with Gasteiger partial charge in [0.2, 0.25) is 0 Å². The van der Waals surface area contributed by atoms with E-state index in [0.717, 1.165) is 5.56 Å². The first kappa shape index (κ1) is 8.73. The summed E-state index contributed by atoms with van der Waals surface area (Å²) in [4.78, 5) is 11.8. The van der Waals surface area contributed by atoms with Crippen molar-refractivity contribution in [2.45, 2.75) is 6.04 Å². The second-order valence-corrected chi connectivity index (χ2v) is 2.64. The minimum atomic E-state index is -0.265. The highest BCUT2D eigenvalue weighted by Crippen LogP contribution is 2.14. The number of hydrazine groups is 1. The van der Waals surface area contributed by atoms with Gasteiger partial charge in [-0.1, -0.05) is 0 Å². The number of aromatic nitrogens is 5. The van der Waals surface area contributed by atoms with E-state index >= 15 is 0 Å². The Balaban J connectivity index is 2.31. The third kappa shape index (κ3) is 1.58. The number of hydrogen-bond donors (Lipinski definition) is 3. The van der Waals surface area contributed by atoms with Crippen molar-refractivity contribution in [3.8, 4) is 0 Å². The average molecular weight is 191 g/mol. The van der Waals surface area contributed by atoms with Gasteiger partial charge in [0.15, 0.2) is 0 Å². The molecule has 0 aliphatic carbocycles. The summed E-state index contributed by atoms with van der Waals surface area (Å²) in [6, 6.07) is -0.265. The van der Waals surface area contributed by atoms with Gasteiger partial charge in [0, 0.05) is 18.0 Å². The first-order chi connectivity index (χ1) is 6.92. The summed E-state index contributed by atoms with van der Waals surface area (Å²) in [6.07, 6.45) is 6.21. The maximum atomic E-state index is 5.40. The highest BCUT2D eigenvalue weighted by atomic mass is 15.3. The topological polar surface area (TPSA) is 105 Å². The molecule has 2 aromatic rings. The van der Waals surface area contributed by atoms with Crippen molar-refractivity contribution >= 4 is 0 Å². The van der Waals surface area contributed by atoms with E-state index in [2.05, 4.69) is 30.6 Å². The largest absolute Gasteiger partial charge is 0.270 e. The van der Waals surface area contributed by atoms with E-state index in [9.17, 15) is 0 Å². The monoisotopic (exact) mass is 191 g/mol. The van der Waals surface area contributed by atoms with Crippen LogP contribution in [0.5, 0.6) is 0 Å². The number of hydrogen-bond acceptors (Lipinski definition) is 6. The van der Waals surface area contributed by atoms with E-state index in [0.29, 0.717) is 5.82 Å². The fraction of sp³-hybridized carbons (Fsp3) is 0.143. The molecule has 2 aromatic heterocycles. The maximum Gasteiger partial charge on any atom is 0.147 e. The van der Waals surface area contributed by atoms with Crippen LogP contribution >= 0.6 is 0 Å². The van der Waals surface area contributed by atoms with Crippen LogP contribution in [0.4, 0.5) is 0 Å². The first-order valence-electron chi connectivity index (χ1n) is 3.98. The average Bonchev–Trinajstić information content (AvgIpc) is 2.74. The Kier molecular flexibility index (Phi) is 2.43. The number of nitrogens with zero attached hydrogens (tertiary/aromatic N) is 4. The highest BCUT2D eigenvalue weighted by Gasteiger charge is 2.15. The van der Waals surface area contributed by atoms with Gasteiger partial charge in [-0.25, -0.2) is 20.4 Å². The number of H-pyrrole nitrogens is 1. The Bertz CT molecular complexity index is 370. The van der Waals surface area contributed by atoms with E-state index in [-0.39, 0.29) is 6.04 Å². The van der Waals surface area contributed by atoms with Crippen LogP contribution < -0.4 is 11.3 Å². The molecule has 72 valence electrons. The van der Waals surface area contributed by atoms with Crippen molar-refractivity contribution in [3.63, 3.8) is 0 Å². The van der Waals surface area contributed by atoms with Crippen molar-refractivity contribution in [2.24, 2.45) is 5.84 Å². The predicted octanol–water partition coefficient (Wildman–Crippen LogP) is -0.853. The quantitative estimate of drug-likeness (QED) is 0.431. The van der Waals surface area contributed by atoms with Crippen LogP contribution in [0, 0.1) is 0 Å². The van der Waals surface area contributed by atoms with Crippen molar-refractivity contribution < 1.29 is 0 Å². The molecule has 4 N–H and O–H groups in total. The second kappa shape index (κ2) is 3.90. The molecule has 0 aromatic carbocycles. The summed E-state index contributed by atoms with van der Waals surface area (Å²) >= 11 is 0. The Hall–Kier alpha value is -1.86. The maximum absolute atomic E-state index is 5.40. The molecule has 2 rings (SSSR count). The number of nitrogens with two attached hydrogens (primary N) is 1. The molecule has 2 heterocycles. The number of aromatic amines is 1. The van der Waals surface area contributed by atoms with Crippen LogP contribution in [0.3, 0.4) is 0 Å². The van der Waals surface area contributed by atoms with Gasteiger partial charge in [-0.2, -0.15) is 5.10 Å². The van der Waals surface area contributed by atoms with Crippen LogP contribution in [0.2, 0.25) is 0 Å². The van der Waals surface area contributed by atoms with E-state index in [4.69, 9.17) is 5.84 Å². The molecule has 0 aliphatic heterocycles. The van der Waals surface area contributed by atoms with Gasteiger partial charge in [-0.15, -0.1) is 0 Å². The van der Waals surface area contributed by atoms with Crippen molar-refractivity contribution in [1.29, 1.82) is 0 Å². The molecule has 1 unspecified atom stereocenters. The van der Waals surface area contributed by atoms with Crippen molar-refractivity contribution in [2.75, 3.05) is 0 Å². The Labute approximate surface area is 79.8 Å². The summed E-state index contributed by atoms with van der Waals surface area (Å²) in [6.45, 7) is 0. The zero-order chi connectivity index (χ0) is 9.80. The highest BCUT2D eigenvalue weighted by molar-refractivity contribution is 5.17. The SMILES string of the molecule is NNC(c1cncnc1)c1ncn[nH]1. The molecule has 14 heavy (non-hydrogen) atoms. The van der Waals surface area contributed by atoms with Gasteiger partial charge in [0.25, 0.3) is 0 Å². The fourth-order valence-electron chi connectivity index (χ4n) is 1.15. The lowest BCUT2D eigenvalue weighted by Crippen LogP contribution is -2.29. The molecular formula is C7H9N7. The molecule has 7 nitrogen and oxygen atoms in total. The molecule has 0 saturated heterocycles. The Morgan fingerprint density at radius 3 is 2.64 bits per heavy atom. The Morgan fingerprint density at radius 2 is 2.07 bits per heavy atom. The standard InChI is InChI=1S/C7H9N7/c8-13-6(7-11-4-12-14-7)5-1-9-3-10-2-5/h1-4,6,13H,8H2,(H,11,12,14). The van der Waals surface area contributed by atoms with Crippen LogP contribution in [0.25, 0.3) is 0 Å². The summed E-state index contributed by atoms with van der Waals surface area (Å²) in [5.41, 5.74) is 3.43. The lowest BCUT2D eigenvalue weighted by molar-refractivity contribution is 0.600. The molecule has 1 atom stereocenters. The van der Waals surface area contributed by atoms with Crippen LogP contribution in [-0.2, 0) is 0 Å². The summed E-state index contributed by atoms with van der Waals surface area (Å²) in [5.74, 6) is 6.03. The third-order valence-electron chi connectivity index (χ3n) is 1.79. The van der Waals surface area contributed by atoms with E-state index < -0.39 is 0 Å². The minimum absolute atomic E-state index is 0.265.